The predicted molar refractivity (Wildman–Crippen MR) is 92.4 cm³/mol. The van der Waals surface area contributed by atoms with Crippen molar-refractivity contribution in [1.29, 1.82) is 0 Å². The van der Waals surface area contributed by atoms with Crippen LogP contribution in [0.4, 0.5) is 5.69 Å². The minimum absolute atomic E-state index is 0.295. The highest BCUT2D eigenvalue weighted by Crippen LogP contribution is 2.28. The number of aliphatic hydroxyl groups excluding tert-OH is 2. The molecule has 5 heteroatoms. The van der Waals surface area contributed by atoms with Crippen LogP contribution in [-0.2, 0) is 0 Å². The Labute approximate surface area is 139 Å². The number of hydrogen-bond donors (Lipinski definition) is 4. The second-order valence-electron chi connectivity index (χ2n) is 5.78. The summed E-state index contributed by atoms with van der Waals surface area (Å²) in [6, 6.07) is 5.04. The van der Waals surface area contributed by atoms with Crippen LogP contribution < -0.4 is 10.1 Å². The van der Waals surface area contributed by atoms with E-state index in [0.717, 1.165) is 12.8 Å². The largest absolute Gasteiger partial charge is 0.493 e. The minimum atomic E-state index is -1.60. The second kappa shape index (κ2) is 11.3. The molecular formula is C18H31NO4. The van der Waals surface area contributed by atoms with E-state index in [9.17, 15) is 15.3 Å². The van der Waals surface area contributed by atoms with Crippen LogP contribution >= 0.6 is 0 Å². The highest BCUT2D eigenvalue weighted by molar-refractivity contribution is 5.51. The fraction of sp³-hybridized carbons (Fsp3) is 0.667. The zero-order chi connectivity index (χ0) is 17.1. The Bertz CT molecular complexity index is 437. The number of aliphatic hydroxyl groups is 3. The molecule has 0 amide bonds. The lowest BCUT2D eigenvalue weighted by Gasteiger charge is -2.17. The van der Waals surface area contributed by atoms with Gasteiger partial charge in [0.15, 0.2) is 6.29 Å². The molecule has 4 N–H and O–H groups in total. The van der Waals surface area contributed by atoms with Gasteiger partial charge in [0.1, 0.15) is 12.0 Å². The van der Waals surface area contributed by atoms with Gasteiger partial charge in [0.2, 0.25) is 0 Å². The van der Waals surface area contributed by atoms with E-state index in [1.54, 1.807) is 18.2 Å². The van der Waals surface area contributed by atoms with Crippen LogP contribution in [-0.4, -0.2) is 28.2 Å². The van der Waals surface area contributed by atoms with Crippen molar-refractivity contribution in [1.82, 2.24) is 0 Å². The average Bonchev–Trinajstić information content (AvgIpc) is 2.52. The summed E-state index contributed by atoms with van der Waals surface area (Å²) in [5.41, 5.74) is 0.943. The maximum absolute atomic E-state index is 10.0. The van der Waals surface area contributed by atoms with E-state index in [2.05, 4.69) is 12.2 Å². The number of unbranched alkanes of at least 4 members (excludes halogenated alkanes) is 5. The molecule has 0 spiro atoms. The average molecular weight is 325 g/mol. The molecule has 0 aliphatic carbocycles. The summed E-state index contributed by atoms with van der Waals surface area (Å²) in [5, 5.41) is 31.9. The van der Waals surface area contributed by atoms with E-state index in [4.69, 9.17) is 4.74 Å². The van der Waals surface area contributed by atoms with Crippen molar-refractivity contribution in [3.63, 3.8) is 0 Å². The fourth-order valence-corrected chi connectivity index (χ4v) is 2.51. The number of rotatable bonds is 12. The molecule has 1 aromatic rings. The lowest BCUT2D eigenvalue weighted by atomic mass is 10.1. The normalized spacial score (nSPS) is 12.4. The smallest absolute Gasteiger partial charge is 0.182 e. The summed E-state index contributed by atoms with van der Waals surface area (Å²) >= 11 is 0. The topological polar surface area (TPSA) is 82.0 Å². The van der Waals surface area contributed by atoms with Crippen molar-refractivity contribution < 1.29 is 20.1 Å². The zero-order valence-electron chi connectivity index (χ0n) is 14.3. The molecule has 0 heterocycles. The Balaban J connectivity index is 2.45. The quantitative estimate of drug-likeness (QED) is 0.349. The fourth-order valence-electron chi connectivity index (χ4n) is 2.51. The van der Waals surface area contributed by atoms with Gasteiger partial charge in [0.05, 0.1) is 12.2 Å². The van der Waals surface area contributed by atoms with Gasteiger partial charge in [-0.1, -0.05) is 39.0 Å². The first-order valence-corrected chi connectivity index (χ1v) is 8.66. The molecule has 0 radical (unpaired) electrons. The molecule has 0 fully saturated rings. The van der Waals surface area contributed by atoms with Crippen molar-refractivity contribution in [2.45, 2.75) is 71.3 Å². The molecule has 0 bridgehead atoms. The van der Waals surface area contributed by atoms with E-state index in [0.29, 0.717) is 30.0 Å². The van der Waals surface area contributed by atoms with Gasteiger partial charge in [-0.15, -0.1) is 0 Å². The van der Waals surface area contributed by atoms with Gasteiger partial charge in [0, 0.05) is 5.69 Å². The Kier molecular flexibility index (Phi) is 9.67. The minimum Gasteiger partial charge on any atom is -0.493 e. The van der Waals surface area contributed by atoms with Gasteiger partial charge in [0.25, 0.3) is 0 Å². The summed E-state index contributed by atoms with van der Waals surface area (Å²) in [7, 11) is 0. The molecule has 132 valence electrons. The maximum atomic E-state index is 10.0. The van der Waals surface area contributed by atoms with Gasteiger partial charge in [-0.05, 0) is 38.0 Å². The van der Waals surface area contributed by atoms with Gasteiger partial charge in [-0.3, -0.25) is 0 Å². The van der Waals surface area contributed by atoms with Crippen LogP contribution in [0.1, 0.15) is 70.6 Å². The standard InChI is InChI=1S/C18H31NO4/c1-3-5-6-7-8-9-10-17(20)19-14-11-12-16(23-4-2)15(13-14)18(21)22/h11-13,17-22H,3-10H2,1-2H3. The number of benzene rings is 1. The SMILES string of the molecule is CCCCCCCCC(O)Nc1ccc(OCC)c(C(O)O)c1. The molecule has 5 nitrogen and oxygen atoms in total. The molecule has 1 atom stereocenters. The van der Waals surface area contributed by atoms with Crippen LogP contribution in [0.2, 0.25) is 0 Å². The molecule has 0 aliphatic rings. The lowest BCUT2D eigenvalue weighted by Crippen LogP contribution is -2.18. The van der Waals surface area contributed by atoms with Gasteiger partial charge < -0.3 is 25.4 Å². The summed E-state index contributed by atoms with van der Waals surface area (Å²) in [4.78, 5) is 0. The van der Waals surface area contributed by atoms with Crippen molar-refractivity contribution in [2.24, 2.45) is 0 Å². The first-order chi connectivity index (χ1) is 11.1. The lowest BCUT2D eigenvalue weighted by molar-refractivity contribution is -0.0441. The van der Waals surface area contributed by atoms with Crippen LogP contribution in [0.25, 0.3) is 0 Å². The van der Waals surface area contributed by atoms with Crippen LogP contribution in [0.3, 0.4) is 0 Å². The van der Waals surface area contributed by atoms with Crippen molar-refractivity contribution in [3.05, 3.63) is 23.8 Å². The Morgan fingerprint density at radius 2 is 1.70 bits per heavy atom. The Hall–Kier alpha value is -1.30. The van der Waals surface area contributed by atoms with Gasteiger partial charge in [-0.25, -0.2) is 0 Å². The van der Waals surface area contributed by atoms with E-state index in [-0.39, 0.29) is 0 Å². The number of hydrogen-bond acceptors (Lipinski definition) is 5. The van der Waals surface area contributed by atoms with E-state index in [1.165, 1.54) is 25.7 Å². The zero-order valence-corrected chi connectivity index (χ0v) is 14.3. The number of nitrogens with one attached hydrogen (secondary N) is 1. The van der Waals surface area contributed by atoms with Crippen LogP contribution in [0, 0.1) is 0 Å². The third kappa shape index (κ3) is 7.68. The van der Waals surface area contributed by atoms with Gasteiger partial charge in [-0.2, -0.15) is 0 Å². The van der Waals surface area contributed by atoms with Crippen LogP contribution in [0.15, 0.2) is 18.2 Å². The number of anilines is 1. The Morgan fingerprint density at radius 1 is 1.00 bits per heavy atom. The highest BCUT2D eigenvalue weighted by atomic mass is 16.5. The third-order valence-electron chi connectivity index (χ3n) is 3.75. The molecule has 1 rings (SSSR count). The van der Waals surface area contributed by atoms with Gasteiger partial charge >= 0.3 is 0 Å². The Morgan fingerprint density at radius 3 is 2.35 bits per heavy atom. The molecule has 1 aromatic carbocycles. The number of ether oxygens (including phenoxy) is 1. The molecule has 1 unspecified atom stereocenters. The predicted octanol–water partition coefficient (Wildman–Crippen LogP) is 3.55. The first kappa shape index (κ1) is 19.7. The molecular weight excluding hydrogens is 294 g/mol. The summed E-state index contributed by atoms with van der Waals surface area (Å²) in [5.74, 6) is 0.443. The third-order valence-corrected chi connectivity index (χ3v) is 3.75. The molecule has 0 aliphatic heterocycles. The highest BCUT2D eigenvalue weighted by Gasteiger charge is 2.13. The maximum Gasteiger partial charge on any atom is 0.182 e. The van der Waals surface area contributed by atoms with Crippen molar-refractivity contribution in [3.8, 4) is 5.75 Å². The van der Waals surface area contributed by atoms with E-state index < -0.39 is 12.5 Å². The molecule has 0 saturated heterocycles. The monoisotopic (exact) mass is 325 g/mol. The van der Waals surface area contributed by atoms with Crippen LogP contribution in [0.5, 0.6) is 5.75 Å². The van der Waals surface area contributed by atoms with Crippen molar-refractivity contribution >= 4 is 5.69 Å². The first-order valence-electron chi connectivity index (χ1n) is 8.66. The molecule has 0 saturated carbocycles. The summed E-state index contributed by atoms with van der Waals surface area (Å²) in [6.45, 7) is 4.49. The second-order valence-corrected chi connectivity index (χ2v) is 5.78. The van der Waals surface area contributed by atoms with Crippen molar-refractivity contribution in [2.75, 3.05) is 11.9 Å². The summed E-state index contributed by atoms with van der Waals surface area (Å²) < 4.78 is 5.36. The molecule has 0 aromatic heterocycles. The molecule has 23 heavy (non-hydrogen) atoms. The van der Waals surface area contributed by atoms with E-state index >= 15 is 0 Å². The summed E-state index contributed by atoms with van der Waals surface area (Å²) in [6.07, 6.45) is 5.53. The van der Waals surface area contributed by atoms with E-state index in [1.807, 2.05) is 6.92 Å².